The Hall–Kier alpha value is -2.79. The van der Waals surface area contributed by atoms with Crippen LogP contribution in [0, 0.1) is 20.8 Å². The first-order chi connectivity index (χ1) is 15.9. The van der Waals surface area contributed by atoms with Crippen molar-refractivity contribution in [1.29, 1.82) is 0 Å². The summed E-state index contributed by atoms with van der Waals surface area (Å²) in [5.74, 6) is 0. The van der Waals surface area contributed by atoms with Gasteiger partial charge in [0.2, 0.25) is 0 Å². The maximum Gasteiger partial charge on any atom is 0.413 e. The van der Waals surface area contributed by atoms with Crippen molar-refractivity contribution in [1.82, 2.24) is 14.3 Å². The molecular formula is C23H31N5O4S. The maximum atomic E-state index is 12.4. The predicted octanol–water partition coefficient (Wildman–Crippen LogP) is 4.72. The Bertz CT molecular complexity index is 1090. The maximum absolute atomic E-state index is 12.4. The molecule has 3 rings (SSSR count). The van der Waals surface area contributed by atoms with E-state index in [9.17, 15) is 4.79 Å². The summed E-state index contributed by atoms with van der Waals surface area (Å²) >= 11 is 1.05. The highest BCUT2D eigenvalue weighted by Crippen LogP contribution is 2.23. The molecule has 33 heavy (non-hydrogen) atoms. The van der Waals surface area contributed by atoms with Crippen LogP contribution in [0.15, 0.2) is 36.7 Å². The molecule has 0 fully saturated rings. The lowest BCUT2D eigenvalue weighted by molar-refractivity contribution is -0.161. The van der Waals surface area contributed by atoms with Crippen molar-refractivity contribution < 1.29 is 18.8 Å². The molecule has 9 nitrogen and oxygen atoms in total. The highest BCUT2D eigenvalue weighted by atomic mass is 32.2. The van der Waals surface area contributed by atoms with Crippen molar-refractivity contribution in [2.75, 3.05) is 37.0 Å². The number of aromatic nitrogens is 2. The largest absolute Gasteiger partial charge is 0.427 e. The number of ether oxygens (including phenoxy) is 1. The van der Waals surface area contributed by atoms with E-state index in [2.05, 4.69) is 51.6 Å². The second-order valence-corrected chi connectivity index (χ2v) is 8.21. The van der Waals surface area contributed by atoms with E-state index in [0.717, 1.165) is 54.1 Å². The zero-order valence-corrected chi connectivity index (χ0v) is 20.5. The van der Waals surface area contributed by atoms with E-state index in [1.54, 1.807) is 6.33 Å². The monoisotopic (exact) mass is 473 g/mol. The zero-order chi connectivity index (χ0) is 23.8. The lowest BCUT2D eigenvalue weighted by Gasteiger charge is -2.24. The highest BCUT2D eigenvalue weighted by Gasteiger charge is 2.11. The number of hydrogen-bond donors (Lipinski definition) is 2. The van der Waals surface area contributed by atoms with Crippen LogP contribution in [0.3, 0.4) is 0 Å². The number of benzene rings is 2. The van der Waals surface area contributed by atoms with Gasteiger partial charge in [0, 0.05) is 31.0 Å². The quantitative estimate of drug-likeness (QED) is 0.136. The van der Waals surface area contributed by atoms with Crippen molar-refractivity contribution in [3.8, 4) is 0 Å². The van der Waals surface area contributed by atoms with E-state index in [-0.39, 0.29) is 6.73 Å². The summed E-state index contributed by atoms with van der Waals surface area (Å²) in [6, 6.07) is 10.0. The number of carbonyl (C=O) groups is 1. The van der Waals surface area contributed by atoms with Gasteiger partial charge < -0.3 is 9.64 Å². The third kappa shape index (κ3) is 6.61. The molecule has 0 saturated heterocycles. The van der Waals surface area contributed by atoms with E-state index in [0.29, 0.717) is 5.69 Å². The summed E-state index contributed by atoms with van der Waals surface area (Å²) in [4.78, 5) is 23.6. The number of hydrogen-bond acceptors (Lipinski definition) is 8. The minimum absolute atomic E-state index is 0.0867. The van der Waals surface area contributed by atoms with Gasteiger partial charge in [-0.05, 0) is 74.7 Å². The lowest BCUT2D eigenvalue weighted by atomic mass is 10.1. The Morgan fingerprint density at radius 3 is 2.67 bits per heavy atom. The van der Waals surface area contributed by atoms with Crippen molar-refractivity contribution in [2.24, 2.45) is 0 Å². The molecule has 2 aromatic carbocycles. The second kappa shape index (κ2) is 11.9. The minimum atomic E-state index is -0.511. The van der Waals surface area contributed by atoms with E-state index >= 15 is 0 Å². The van der Waals surface area contributed by atoms with Crippen LogP contribution < -0.4 is 14.9 Å². The van der Waals surface area contributed by atoms with Gasteiger partial charge in [-0.15, -0.1) is 4.33 Å². The lowest BCUT2D eigenvalue weighted by Crippen LogP contribution is -2.30. The standard InChI is InChI=1S/C23H31N5O4S/c1-6-27(10-9-25-33-32-30-5)19-7-8-20(18(4)11-19)26-23(29)31-15-28-14-24-21-12-16(2)17(3)13-22(21)28/h7-8,11-14,25H,6,9-10,15H2,1-5H3,(H,26,29). The second-order valence-electron chi connectivity index (χ2n) is 7.62. The van der Waals surface area contributed by atoms with Gasteiger partial charge in [0.25, 0.3) is 0 Å². The van der Waals surface area contributed by atoms with Crippen LogP contribution in [-0.2, 0) is 20.7 Å². The number of amides is 1. The van der Waals surface area contributed by atoms with Crippen molar-refractivity contribution >= 4 is 40.7 Å². The first kappa shape index (κ1) is 24.8. The van der Waals surface area contributed by atoms with Gasteiger partial charge in [0.15, 0.2) is 6.73 Å². The molecule has 0 unspecified atom stereocenters. The van der Waals surface area contributed by atoms with E-state index < -0.39 is 6.09 Å². The van der Waals surface area contributed by atoms with Gasteiger partial charge in [0.1, 0.15) is 12.2 Å². The Labute approximate surface area is 198 Å². The predicted molar refractivity (Wildman–Crippen MR) is 132 cm³/mol. The normalized spacial score (nSPS) is 11.1. The van der Waals surface area contributed by atoms with Crippen molar-refractivity contribution in [2.45, 2.75) is 34.4 Å². The summed E-state index contributed by atoms with van der Waals surface area (Å²) in [7, 11) is 1.46. The summed E-state index contributed by atoms with van der Waals surface area (Å²) in [5, 5.41) is 2.83. The molecule has 0 atom stereocenters. The fourth-order valence-electron chi connectivity index (χ4n) is 3.43. The summed E-state index contributed by atoms with van der Waals surface area (Å²) in [5.41, 5.74) is 6.91. The third-order valence-corrected chi connectivity index (χ3v) is 5.94. The highest BCUT2D eigenvalue weighted by molar-refractivity contribution is 7.92. The fraction of sp³-hybridized carbons (Fsp3) is 0.391. The number of carbonyl (C=O) groups excluding carboxylic acids is 1. The Balaban J connectivity index is 1.56. The van der Waals surface area contributed by atoms with E-state index in [4.69, 9.17) is 9.07 Å². The van der Waals surface area contributed by atoms with Crippen LogP contribution in [0.4, 0.5) is 16.2 Å². The molecule has 10 heteroatoms. The zero-order valence-electron chi connectivity index (χ0n) is 19.7. The Morgan fingerprint density at radius 1 is 1.15 bits per heavy atom. The molecule has 1 amide bonds. The summed E-state index contributed by atoms with van der Waals surface area (Å²) < 4.78 is 15.1. The first-order valence-electron chi connectivity index (χ1n) is 10.7. The van der Waals surface area contributed by atoms with E-state index in [1.807, 2.05) is 35.8 Å². The van der Waals surface area contributed by atoms with Crippen LogP contribution >= 0.6 is 12.2 Å². The van der Waals surface area contributed by atoms with Gasteiger partial charge in [0.05, 0.1) is 24.5 Å². The number of aryl methyl sites for hydroxylation is 3. The SMILES string of the molecule is CCN(CCNSOOC)c1ccc(NC(=O)OCn2cnc3cc(C)c(C)cc32)c(C)c1. The minimum Gasteiger partial charge on any atom is -0.427 e. The molecule has 0 bridgehead atoms. The van der Waals surface area contributed by atoms with Crippen molar-refractivity contribution in [3.63, 3.8) is 0 Å². The number of imidazole rings is 1. The third-order valence-electron chi connectivity index (χ3n) is 5.41. The number of nitrogens with one attached hydrogen (secondary N) is 2. The number of nitrogens with zero attached hydrogens (tertiary/aromatic N) is 3. The van der Waals surface area contributed by atoms with Gasteiger partial charge in [-0.1, -0.05) is 0 Å². The molecule has 2 N–H and O–H groups in total. The van der Waals surface area contributed by atoms with Gasteiger partial charge in [-0.3, -0.25) is 9.88 Å². The molecule has 1 heterocycles. The van der Waals surface area contributed by atoms with Crippen LogP contribution in [0.5, 0.6) is 0 Å². The molecule has 3 aromatic rings. The molecule has 0 aliphatic heterocycles. The van der Waals surface area contributed by atoms with Gasteiger partial charge >= 0.3 is 6.09 Å². The van der Waals surface area contributed by atoms with Crippen molar-refractivity contribution in [3.05, 3.63) is 53.3 Å². The summed E-state index contributed by atoms with van der Waals surface area (Å²) in [6.07, 6.45) is 1.17. The number of anilines is 2. The van der Waals surface area contributed by atoms with Crippen LogP contribution in [0.2, 0.25) is 0 Å². The molecule has 0 saturated carbocycles. The molecule has 0 radical (unpaired) electrons. The van der Waals surface area contributed by atoms with Crippen LogP contribution in [0.1, 0.15) is 23.6 Å². The van der Waals surface area contributed by atoms with Crippen LogP contribution in [0.25, 0.3) is 11.0 Å². The molecule has 0 spiro atoms. The first-order valence-corrected chi connectivity index (χ1v) is 11.5. The van der Waals surface area contributed by atoms with Crippen LogP contribution in [-0.4, -0.2) is 42.4 Å². The summed E-state index contributed by atoms with van der Waals surface area (Å²) in [6.45, 7) is 10.6. The number of likely N-dealkylation sites (N-methyl/N-ethyl adjacent to an activating group) is 1. The topological polar surface area (TPSA) is 89.9 Å². The molecule has 0 aliphatic carbocycles. The van der Waals surface area contributed by atoms with E-state index in [1.165, 1.54) is 18.2 Å². The Morgan fingerprint density at radius 2 is 1.94 bits per heavy atom. The smallest absolute Gasteiger partial charge is 0.413 e. The number of fused-ring (bicyclic) bond motifs is 1. The molecular weight excluding hydrogens is 442 g/mol. The number of rotatable bonds is 11. The average Bonchev–Trinajstić information content (AvgIpc) is 3.18. The van der Waals surface area contributed by atoms with Gasteiger partial charge in [-0.25, -0.2) is 19.4 Å². The fourth-order valence-corrected chi connectivity index (χ4v) is 3.72. The molecule has 0 aliphatic rings. The molecule has 1 aromatic heterocycles. The average molecular weight is 474 g/mol. The Kier molecular flexibility index (Phi) is 8.95. The molecule has 178 valence electrons. The van der Waals surface area contributed by atoms with Gasteiger partial charge in [-0.2, -0.15) is 0 Å².